The molecule has 192 valence electrons. The second kappa shape index (κ2) is 11.2. The minimum Gasteiger partial charge on any atom is -0.481 e. The number of likely N-dealkylation sites (tertiary alicyclic amines) is 1. The molecule has 4 heterocycles. The summed E-state index contributed by atoms with van der Waals surface area (Å²) in [6.07, 6.45) is 5.61. The summed E-state index contributed by atoms with van der Waals surface area (Å²) in [5.74, 6) is 1.54. The van der Waals surface area contributed by atoms with Gasteiger partial charge in [-0.2, -0.15) is 0 Å². The van der Waals surface area contributed by atoms with E-state index in [1.54, 1.807) is 31.6 Å². The van der Waals surface area contributed by atoms with Gasteiger partial charge in [0.1, 0.15) is 11.6 Å². The first-order valence-corrected chi connectivity index (χ1v) is 12.7. The Labute approximate surface area is 216 Å². The molecule has 0 aliphatic carbocycles. The summed E-state index contributed by atoms with van der Waals surface area (Å²) in [6.45, 7) is 5.24. The van der Waals surface area contributed by atoms with Crippen molar-refractivity contribution in [1.82, 2.24) is 19.9 Å². The molecule has 0 bridgehead atoms. The molecular formula is C29H32FN5O2. The van der Waals surface area contributed by atoms with Crippen molar-refractivity contribution in [3.8, 4) is 17.0 Å². The van der Waals surface area contributed by atoms with Crippen LogP contribution in [0.5, 0.6) is 5.88 Å². The van der Waals surface area contributed by atoms with Gasteiger partial charge in [-0.05, 0) is 73.3 Å². The van der Waals surface area contributed by atoms with Crippen LogP contribution < -0.4 is 10.1 Å². The highest BCUT2D eigenvalue weighted by Crippen LogP contribution is 2.33. The maximum atomic E-state index is 15.0. The number of aliphatic hydroxyl groups is 1. The molecule has 7 nitrogen and oxygen atoms in total. The van der Waals surface area contributed by atoms with Gasteiger partial charge in [0.15, 0.2) is 0 Å². The average Bonchev–Trinajstić information content (AvgIpc) is 2.94. The summed E-state index contributed by atoms with van der Waals surface area (Å²) in [6, 6.07) is 14.7. The van der Waals surface area contributed by atoms with E-state index < -0.39 is 0 Å². The molecule has 0 radical (unpaired) electrons. The van der Waals surface area contributed by atoms with Gasteiger partial charge >= 0.3 is 0 Å². The molecule has 0 spiro atoms. The second-order valence-corrected chi connectivity index (χ2v) is 9.60. The predicted octanol–water partition coefficient (Wildman–Crippen LogP) is 5.39. The number of piperidine rings is 1. The third-order valence-corrected chi connectivity index (χ3v) is 7.33. The number of anilines is 2. The number of hydrogen-bond donors (Lipinski definition) is 2. The highest BCUT2D eigenvalue weighted by Gasteiger charge is 2.25. The van der Waals surface area contributed by atoms with Crippen LogP contribution in [0.25, 0.3) is 22.0 Å². The number of ether oxygens (including phenoxy) is 1. The summed E-state index contributed by atoms with van der Waals surface area (Å²) in [7, 11) is 1.55. The van der Waals surface area contributed by atoms with Crippen LogP contribution in [0.15, 0.2) is 60.9 Å². The second-order valence-electron chi connectivity index (χ2n) is 9.60. The molecule has 4 aromatic rings. The SMILES string of the molecule is COc1cc(-c2ccc(Nc3cc4nc([C@@H](C)C5CCN(CCO)CC5)ccc4cn3)c(F)c2)ccn1. The zero-order chi connectivity index (χ0) is 25.8. The van der Waals surface area contributed by atoms with E-state index >= 15 is 0 Å². The van der Waals surface area contributed by atoms with Crippen molar-refractivity contribution in [3.05, 3.63) is 72.4 Å². The van der Waals surface area contributed by atoms with E-state index in [1.807, 2.05) is 18.2 Å². The highest BCUT2D eigenvalue weighted by molar-refractivity contribution is 5.81. The molecule has 2 N–H and O–H groups in total. The Hall–Kier alpha value is -3.62. The standard InChI is InChI=1S/C29H32FN5O2/c1-19(20-8-11-35(12-9-20)13-14-36)25-5-4-23-18-32-28(17-27(23)33-25)34-26-6-3-21(15-24(26)30)22-7-10-31-29(16-22)37-2/h3-7,10,15-20,36H,8-9,11-14H2,1-2H3,(H,32,34)/t19-/m0/s1. The van der Waals surface area contributed by atoms with Crippen molar-refractivity contribution in [2.24, 2.45) is 5.92 Å². The van der Waals surface area contributed by atoms with Gasteiger partial charge in [0.25, 0.3) is 0 Å². The molecule has 0 amide bonds. The molecule has 1 aliphatic heterocycles. The number of methoxy groups -OCH3 is 1. The topological polar surface area (TPSA) is 83.4 Å². The van der Waals surface area contributed by atoms with E-state index in [-0.39, 0.29) is 12.4 Å². The van der Waals surface area contributed by atoms with E-state index in [1.165, 1.54) is 6.07 Å². The van der Waals surface area contributed by atoms with Gasteiger partial charge < -0.3 is 20.1 Å². The Morgan fingerprint density at radius 1 is 1.08 bits per heavy atom. The van der Waals surface area contributed by atoms with Crippen LogP contribution in [0, 0.1) is 11.7 Å². The number of aliphatic hydroxyl groups excluding tert-OH is 1. The Balaban J connectivity index is 1.32. The largest absolute Gasteiger partial charge is 0.481 e. The van der Waals surface area contributed by atoms with Gasteiger partial charge in [0.2, 0.25) is 5.88 Å². The molecule has 37 heavy (non-hydrogen) atoms. The van der Waals surface area contributed by atoms with E-state index in [0.29, 0.717) is 29.2 Å². The van der Waals surface area contributed by atoms with Crippen LogP contribution in [0.1, 0.15) is 31.4 Å². The highest BCUT2D eigenvalue weighted by atomic mass is 19.1. The first-order valence-electron chi connectivity index (χ1n) is 12.7. The maximum Gasteiger partial charge on any atom is 0.213 e. The summed E-state index contributed by atoms with van der Waals surface area (Å²) in [5.41, 5.74) is 3.80. The van der Waals surface area contributed by atoms with Crippen molar-refractivity contribution in [2.45, 2.75) is 25.7 Å². The van der Waals surface area contributed by atoms with Gasteiger partial charge in [-0.1, -0.05) is 13.0 Å². The molecule has 8 heteroatoms. The monoisotopic (exact) mass is 501 g/mol. The number of hydrogen-bond acceptors (Lipinski definition) is 7. The molecule has 0 saturated carbocycles. The molecule has 3 aromatic heterocycles. The quantitative estimate of drug-likeness (QED) is 0.335. The van der Waals surface area contributed by atoms with E-state index in [9.17, 15) is 9.50 Å². The van der Waals surface area contributed by atoms with Crippen molar-refractivity contribution < 1.29 is 14.2 Å². The van der Waals surface area contributed by atoms with Gasteiger partial charge in [0.05, 0.1) is 24.9 Å². The Bertz CT molecular complexity index is 1370. The fraction of sp³-hybridized carbons (Fsp3) is 0.345. The van der Waals surface area contributed by atoms with Crippen LogP contribution in [0.3, 0.4) is 0 Å². The van der Waals surface area contributed by atoms with E-state index in [2.05, 4.69) is 39.2 Å². The molecule has 1 aliphatic rings. The lowest BCUT2D eigenvalue weighted by Crippen LogP contribution is -2.37. The number of rotatable bonds is 8. The lowest BCUT2D eigenvalue weighted by molar-refractivity contribution is 0.139. The van der Waals surface area contributed by atoms with Crippen molar-refractivity contribution >= 4 is 22.4 Å². The first kappa shape index (κ1) is 25.0. The van der Waals surface area contributed by atoms with Crippen LogP contribution in [-0.4, -0.2) is 58.3 Å². The summed E-state index contributed by atoms with van der Waals surface area (Å²) >= 11 is 0. The number of nitrogens with zero attached hydrogens (tertiary/aromatic N) is 4. The van der Waals surface area contributed by atoms with Gasteiger partial charge in [0, 0.05) is 48.1 Å². The molecule has 0 unspecified atom stereocenters. The number of fused-ring (bicyclic) bond motifs is 1. The van der Waals surface area contributed by atoms with Crippen LogP contribution >= 0.6 is 0 Å². The fourth-order valence-corrected chi connectivity index (χ4v) is 5.05. The van der Waals surface area contributed by atoms with Gasteiger partial charge in [-0.3, -0.25) is 4.98 Å². The molecule has 1 fully saturated rings. The average molecular weight is 502 g/mol. The Kier molecular flexibility index (Phi) is 7.58. The Morgan fingerprint density at radius 2 is 1.89 bits per heavy atom. The van der Waals surface area contributed by atoms with Crippen molar-refractivity contribution in [3.63, 3.8) is 0 Å². The number of aromatic nitrogens is 3. The fourth-order valence-electron chi connectivity index (χ4n) is 5.05. The summed E-state index contributed by atoms with van der Waals surface area (Å²) < 4.78 is 20.2. The van der Waals surface area contributed by atoms with Crippen LogP contribution in [0.2, 0.25) is 0 Å². The minimum absolute atomic E-state index is 0.213. The van der Waals surface area contributed by atoms with Gasteiger partial charge in [-0.25, -0.2) is 14.4 Å². The molecule has 1 aromatic carbocycles. The van der Waals surface area contributed by atoms with Crippen molar-refractivity contribution in [1.29, 1.82) is 0 Å². The number of halogens is 1. The predicted molar refractivity (Wildman–Crippen MR) is 144 cm³/mol. The zero-order valence-electron chi connectivity index (χ0n) is 21.2. The van der Waals surface area contributed by atoms with Crippen LogP contribution in [0.4, 0.5) is 15.9 Å². The van der Waals surface area contributed by atoms with Crippen LogP contribution in [-0.2, 0) is 0 Å². The smallest absolute Gasteiger partial charge is 0.213 e. The Morgan fingerprint density at radius 3 is 2.65 bits per heavy atom. The van der Waals surface area contributed by atoms with E-state index in [4.69, 9.17) is 9.72 Å². The lowest BCUT2D eigenvalue weighted by Gasteiger charge is -2.34. The van der Waals surface area contributed by atoms with Crippen molar-refractivity contribution in [2.75, 3.05) is 38.7 Å². The molecule has 5 rings (SSSR count). The zero-order valence-corrected chi connectivity index (χ0v) is 21.2. The lowest BCUT2D eigenvalue weighted by atomic mass is 9.83. The molecule has 1 atom stereocenters. The third-order valence-electron chi connectivity index (χ3n) is 7.33. The maximum absolute atomic E-state index is 15.0. The number of pyridine rings is 3. The molecular weight excluding hydrogens is 469 g/mol. The van der Waals surface area contributed by atoms with Gasteiger partial charge in [-0.15, -0.1) is 0 Å². The minimum atomic E-state index is -0.377. The number of nitrogens with one attached hydrogen (secondary N) is 1. The number of benzene rings is 1. The normalized spacial score (nSPS) is 15.6. The first-order chi connectivity index (χ1) is 18.0. The summed E-state index contributed by atoms with van der Waals surface area (Å²) in [4.78, 5) is 15.8. The third kappa shape index (κ3) is 5.70. The summed E-state index contributed by atoms with van der Waals surface area (Å²) in [5, 5.41) is 13.2. The number of β-amino-alcohol motifs (C(OH)–C–C–N with tert-alkyl or cyclic N) is 1. The van der Waals surface area contributed by atoms with E-state index in [0.717, 1.165) is 60.2 Å². The molecule has 1 saturated heterocycles.